The summed E-state index contributed by atoms with van der Waals surface area (Å²) in [5, 5.41) is 0. The topological polar surface area (TPSA) is 6.48 Å². The zero-order valence-corrected chi connectivity index (χ0v) is 39.8. The minimum absolute atomic E-state index is 0.979. The molecule has 2 heteroatoms. The van der Waals surface area contributed by atoms with Crippen molar-refractivity contribution in [1.82, 2.24) is 0 Å². The van der Waals surface area contributed by atoms with Crippen molar-refractivity contribution in [2.45, 2.75) is 55.4 Å². The molecule has 0 spiro atoms. The molecular formula is C64H60N2. The number of allylic oxidation sites excluding steroid dienone is 4. The fraction of sp³-hybridized carbons (Fsp3) is 0.125. The first-order valence-electron chi connectivity index (χ1n) is 22.9. The Bertz CT molecular complexity index is 2810. The Hall–Kier alpha value is -7.68. The van der Waals surface area contributed by atoms with Crippen LogP contribution in [0.1, 0.15) is 66.8 Å². The minimum Gasteiger partial charge on any atom is -0.311 e. The first-order valence-corrected chi connectivity index (χ1v) is 22.9. The Morgan fingerprint density at radius 1 is 0.318 bits per heavy atom. The summed E-state index contributed by atoms with van der Waals surface area (Å²) < 4.78 is 0. The third kappa shape index (κ3) is 10.1. The highest BCUT2D eigenvalue weighted by atomic mass is 15.1. The monoisotopic (exact) mass is 856 g/mol. The Balaban J connectivity index is 1.03. The number of hydrogen-bond donors (Lipinski definition) is 0. The number of rotatable bonds is 13. The maximum atomic E-state index is 4.43. The van der Waals surface area contributed by atoms with Gasteiger partial charge in [0.1, 0.15) is 0 Å². The normalized spacial score (nSPS) is 11.3. The molecule has 0 heterocycles. The largest absolute Gasteiger partial charge is 0.311 e. The van der Waals surface area contributed by atoms with Crippen LogP contribution in [0.25, 0.3) is 34.4 Å². The average molecular weight is 857 g/mol. The smallest absolute Gasteiger partial charge is 0.0462 e. The summed E-state index contributed by atoms with van der Waals surface area (Å²) in [7, 11) is 0. The second-order valence-corrected chi connectivity index (χ2v) is 17.9. The number of nitrogens with zero attached hydrogens (tertiary/aromatic N) is 2. The second-order valence-electron chi connectivity index (χ2n) is 17.9. The Morgan fingerprint density at radius 2 is 0.561 bits per heavy atom. The molecule has 0 N–H and O–H groups in total. The fourth-order valence-corrected chi connectivity index (χ4v) is 9.01. The standard InChI is InChI=1S/C64H60N2/c1-43-11-25-57(26-12-43)65(59-29-17-53(18-30-59)47(5)15-37-63-49(7)39-45(3)40-50(63)8)61-33-21-55(22-34-61)56-23-35-62(36-24-56)66(58-27-13-44(2)14-28-58)60-31-19-54(20-32-60)48(6)16-38-64-51(9)41-46(4)42-52(64)10/h11-42H,5-6H2,1-4,7-10H3/b37-15+,38-16+. The van der Waals surface area contributed by atoms with Crippen LogP contribution >= 0.6 is 0 Å². The van der Waals surface area contributed by atoms with Crippen LogP contribution in [0, 0.1) is 55.4 Å². The van der Waals surface area contributed by atoms with Crippen molar-refractivity contribution in [1.29, 1.82) is 0 Å². The summed E-state index contributed by atoms with van der Waals surface area (Å²) in [6.45, 7) is 26.1. The minimum atomic E-state index is 0.979. The second kappa shape index (κ2) is 19.6. The zero-order valence-electron chi connectivity index (χ0n) is 39.8. The molecule has 0 aromatic heterocycles. The summed E-state index contributed by atoms with van der Waals surface area (Å²) in [6, 6.07) is 61.6. The average Bonchev–Trinajstić information content (AvgIpc) is 3.30. The molecule has 0 aliphatic carbocycles. The van der Waals surface area contributed by atoms with Crippen molar-refractivity contribution in [2.75, 3.05) is 9.80 Å². The zero-order chi connectivity index (χ0) is 46.5. The molecule has 8 aromatic rings. The lowest BCUT2D eigenvalue weighted by Gasteiger charge is -2.26. The van der Waals surface area contributed by atoms with E-state index in [1.54, 1.807) is 0 Å². The van der Waals surface area contributed by atoms with E-state index in [0.29, 0.717) is 0 Å². The van der Waals surface area contributed by atoms with Crippen LogP contribution in [-0.2, 0) is 0 Å². The molecule has 0 radical (unpaired) electrons. The summed E-state index contributed by atoms with van der Waals surface area (Å²) in [5.74, 6) is 0. The Morgan fingerprint density at radius 3 is 0.833 bits per heavy atom. The molecule has 0 amide bonds. The van der Waals surface area contributed by atoms with Crippen molar-refractivity contribution in [3.05, 3.63) is 262 Å². The predicted molar refractivity (Wildman–Crippen MR) is 288 cm³/mol. The predicted octanol–water partition coefficient (Wildman–Crippen LogP) is 18.2. The van der Waals surface area contributed by atoms with Gasteiger partial charge in [0.25, 0.3) is 0 Å². The van der Waals surface area contributed by atoms with Crippen LogP contribution in [0.5, 0.6) is 0 Å². The van der Waals surface area contributed by atoms with Gasteiger partial charge in [0.05, 0.1) is 0 Å². The quantitative estimate of drug-likeness (QED) is 0.107. The lowest BCUT2D eigenvalue weighted by Crippen LogP contribution is -2.10. The van der Waals surface area contributed by atoms with Crippen LogP contribution in [0.15, 0.2) is 195 Å². The van der Waals surface area contributed by atoms with Crippen LogP contribution in [0.3, 0.4) is 0 Å². The Labute approximate surface area is 393 Å². The van der Waals surface area contributed by atoms with Gasteiger partial charge < -0.3 is 9.80 Å². The van der Waals surface area contributed by atoms with Gasteiger partial charge in [-0.25, -0.2) is 0 Å². The molecule has 2 nitrogen and oxygen atoms in total. The number of benzene rings is 8. The number of hydrogen-bond acceptors (Lipinski definition) is 2. The van der Waals surface area contributed by atoms with Gasteiger partial charge >= 0.3 is 0 Å². The molecule has 8 aromatic carbocycles. The van der Waals surface area contributed by atoms with Gasteiger partial charge in [-0.15, -0.1) is 0 Å². The van der Waals surface area contributed by atoms with Crippen molar-refractivity contribution < 1.29 is 0 Å². The first kappa shape index (κ1) is 44.9. The van der Waals surface area contributed by atoms with Crippen LogP contribution in [-0.4, -0.2) is 0 Å². The highest BCUT2D eigenvalue weighted by Crippen LogP contribution is 2.39. The van der Waals surface area contributed by atoms with Gasteiger partial charge in [0.15, 0.2) is 0 Å². The summed E-state index contributed by atoms with van der Waals surface area (Å²) in [4.78, 5) is 4.63. The lowest BCUT2D eigenvalue weighted by molar-refractivity contribution is 1.27. The summed E-state index contributed by atoms with van der Waals surface area (Å²) in [6.07, 6.45) is 8.65. The molecule has 0 fully saturated rings. The first-order chi connectivity index (χ1) is 31.8. The van der Waals surface area contributed by atoms with E-state index in [9.17, 15) is 0 Å². The Kier molecular flexibility index (Phi) is 13.3. The maximum absolute atomic E-state index is 4.43. The highest BCUT2D eigenvalue weighted by Gasteiger charge is 2.16. The van der Waals surface area contributed by atoms with Gasteiger partial charge in [0.2, 0.25) is 0 Å². The van der Waals surface area contributed by atoms with E-state index >= 15 is 0 Å². The molecule has 326 valence electrons. The van der Waals surface area contributed by atoms with Crippen LogP contribution in [0.2, 0.25) is 0 Å². The lowest BCUT2D eigenvalue weighted by atomic mass is 9.98. The maximum Gasteiger partial charge on any atom is 0.0462 e. The van der Waals surface area contributed by atoms with Gasteiger partial charge in [0, 0.05) is 34.1 Å². The van der Waals surface area contributed by atoms with E-state index in [2.05, 4.69) is 273 Å². The number of aryl methyl sites for hydroxylation is 8. The van der Waals surface area contributed by atoms with E-state index in [4.69, 9.17) is 0 Å². The van der Waals surface area contributed by atoms with E-state index in [0.717, 1.165) is 67.5 Å². The van der Waals surface area contributed by atoms with Crippen molar-refractivity contribution in [2.24, 2.45) is 0 Å². The molecule has 0 aliphatic rings. The third-order valence-electron chi connectivity index (χ3n) is 12.5. The van der Waals surface area contributed by atoms with Gasteiger partial charge in [-0.1, -0.05) is 157 Å². The van der Waals surface area contributed by atoms with Crippen molar-refractivity contribution >= 4 is 57.4 Å². The fourth-order valence-electron chi connectivity index (χ4n) is 9.01. The molecule has 0 atom stereocenters. The summed E-state index contributed by atoms with van der Waals surface area (Å²) >= 11 is 0. The molecule has 66 heavy (non-hydrogen) atoms. The molecule has 0 unspecified atom stereocenters. The van der Waals surface area contributed by atoms with Crippen molar-refractivity contribution in [3.8, 4) is 11.1 Å². The van der Waals surface area contributed by atoms with Crippen LogP contribution in [0.4, 0.5) is 34.1 Å². The van der Waals surface area contributed by atoms with E-state index < -0.39 is 0 Å². The molecule has 0 saturated heterocycles. The van der Waals surface area contributed by atoms with Gasteiger partial charge in [-0.2, -0.15) is 0 Å². The summed E-state index contributed by atoms with van der Waals surface area (Å²) in [5.41, 5.74) is 25.7. The molecular weight excluding hydrogens is 797 g/mol. The van der Waals surface area contributed by atoms with Gasteiger partial charge in [-0.3, -0.25) is 0 Å². The van der Waals surface area contributed by atoms with Gasteiger partial charge in [-0.05, 0) is 195 Å². The third-order valence-corrected chi connectivity index (χ3v) is 12.5. The van der Waals surface area contributed by atoms with E-state index in [-0.39, 0.29) is 0 Å². The molecule has 0 aliphatic heterocycles. The highest BCUT2D eigenvalue weighted by molar-refractivity contribution is 5.84. The van der Waals surface area contributed by atoms with Crippen LogP contribution < -0.4 is 9.80 Å². The molecule has 0 saturated carbocycles. The van der Waals surface area contributed by atoms with E-state index in [1.807, 2.05) is 0 Å². The molecule has 0 bridgehead atoms. The van der Waals surface area contributed by atoms with Crippen molar-refractivity contribution in [3.63, 3.8) is 0 Å². The SMILES string of the molecule is C=C(/C=C/c1c(C)cc(C)cc1C)c1ccc(N(c2ccc(C)cc2)c2ccc(-c3ccc(N(c4ccc(C)cc4)c4ccc(C(=C)/C=C/c5c(C)cc(C)cc5C)cc4)cc3)cc2)cc1. The van der Waals surface area contributed by atoms with E-state index in [1.165, 1.54) is 55.6 Å². The molecule has 8 rings (SSSR count). The number of anilines is 6.